The van der Waals surface area contributed by atoms with Crippen molar-refractivity contribution in [3.8, 4) is 17.0 Å². The van der Waals surface area contributed by atoms with Gasteiger partial charge >= 0.3 is 5.97 Å². The lowest BCUT2D eigenvalue weighted by Gasteiger charge is -2.24. The molecule has 4 aromatic rings. The van der Waals surface area contributed by atoms with Crippen LogP contribution in [0.1, 0.15) is 70.6 Å². The molecule has 3 aromatic carbocycles. The molecule has 0 atom stereocenters. The van der Waals surface area contributed by atoms with Crippen LogP contribution in [0.25, 0.3) is 33.8 Å². The van der Waals surface area contributed by atoms with E-state index in [1.807, 2.05) is 42.5 Å². The van der Waals surface area contributed by atoms with Gasteiger partial charge in [0.15, 0.2) is 9.84 Å². The van der Waals surface area contributed by atoms with E-state index < -0.39 is 15.8 Å². The van der Waals surface area contributed by atoms with Crippen LogP contribution in [0.15, 0.2) is 60.7 Å². The van der Waals surface area contributed by atoms with Crippen molar-refractivity contribution in [1.82, 2.24) is 4.57 Å². The highest BCUT2D eigenvalue weighted by molar-refractivity contribution is 7.89. The number of hydrogen-bond donors (Lipinski definition) is 1. The van der Waals surface area contributed by atoms with E-state index in [4.69, 9.17) is 4.74 Å². The van der Waals surface area contributed by atoms with E-state index >= 15 is 0 Å². The number of benzene rings is 3. The quantitative estimate of drug-likeness (QED) is 0.273. The molecule has 1 fully saturated rings. The molecule has 1 aliphatic carbocycles. The standard InChI is InChI=1S/C33H33NO5S/c1-39-26-13-15-28-24(17-26)16-25(27-11-7-6-10-23(27)20-40(2,37)38)19-34-30-18-22(33(35)36)12-14-29(30)31(32(28)34)21-8-4-3-5-9-21/h6-7,10-18,21H,3-5,8-9,19-20H2,1-2H3,(H,35,36). The second kappa shape index (κ2) is 10.3. The Morgan fingerprint density at radius 1 is 1.00 bits per heavy atom. The summed E-state index contributed by atoms with van der Waals surface area (Å²) >= 11 is 0. The molecule has 0 radical (unpaired) electrons. The summed E-state index contributed by atoms with van der Waals surface area (Å²) in [5.74, 6) is 0.124. The van der Waals surface area contributed by atoms with Crippen LogP contribution >= 0.6 is 0 Å². The van der Waals surface area contributed by atoms with Crippen LogP contribution in [0, 0.1) is 0 Å². The predicted molar refractivity (Wildman–Crippen MR) is 160 cm³/mol. The van der Waals surface area contributed by atoms with Gasteiger partial charge in [-0.05, 0) is 83.0 Å². The first-order valence-corrected chi connectivity index (χ1v) is 15.8. The van der Waals surface area contributed by atoms with Crippen LogP contribution in [0.3, 0.4) is 0 Å². The third kappa shape index (κ3) is 4.83. The number of sulfone groups is 1. The van der Waals surface area contributed by atoms with E-state index in [2.05, 4.69) is 16.7 Å². The van der Waals surface area contributed by atoms with E-state index in [1.54, 1.807) is 19.2 Å². The molecule has 1 N–H and O–H groups in total. The maximum absolute atomic E-state index is 12.3. The highest BCUT2D eigenvalue weighted by Crippen LogP contribution is 2.48. The van der Waals surface area contributed by atoms with Crippen LogP contribution < -0.4 is 4.74 Å². The number of aromatic carboxylic acids is 1. The zero-order chi connectivity index (χ0) is 28.0. The SMILES string of the molecule is COc1ccc2c(c1)C=C(c1ccccc1CS(C)(=O)=O)Cn1c-2c(C2CCCCC2)c2ccc(C(=O)O)cc21. The number of nitrogens with zero attached hydrogens (tertiary/aromatic N) is 1. The first-order chi connectivity index (χ1) is 19.2. The number of hydrogen-bond acceptors (Lipinski definition) is 4. The molecule has 0 bridgehead atoms. The minimum atomic E-state index is -3.26. The smallest absolute Gasteiger partial charge is 0.335 e. The van der Waals surface area contributed by atoms with Crippen molar-refractivity contribution in [3.05, 3.63) is 88.5 Å². The summed E-state index contributed by atoms with van der Waals surface area (Å²) in [7, 11) is -1.60. The van der Waals surface area contributed by atoms with Crippen LogP contribution in [0.5, 0.6) is 5.75 Å². The van der Waals surface area contributed by atoms with Gasteiger partial charge in [-0.15, -0.1) is 0 Å². The Kier molecular flexibility index (Phi) is 6.78. The number of aromatic nitrogens is 1. The summed E-state index contributed by atoms with van der Waals surface area (Å²) < 4.78 is 32.5. The summed E-state index contributed by atoms with van der Waals surface area (Å²) in [6.45, 7) is 0.486. The van der Waals surface area contributed by atoms with Gasteiger partial charge in [0.1, 0.15) is 5.75 Å². The first-order valence-electron chi connectivity index (χ1n) is 13.8. The van der Waals surface area contributed by atoms with E-state index in [9.17, 15) is 18.3 Å². The van der Waals surface area contributed by atoms with Gasteiger partial charge < -0.3 is 14.4 Å². The second-order valence-corrected chi connectivity index (χ2v) is 13.2. The fourth-order valence-corrected chi connectivity index (χ4v) is 7.40. The fraction of sp³-hybridized carbons (Fsp3) is 0.303. The normalized spacial score (nSPS) is 15.7. The van der Waals surface area contributed by atoms with Gasteiger partial charge in [-0.25, -0.2) is 13.2 Å². The minimum Gasteiger partial charge on any atom is -0.497 e. The lowest BCUT2D eigenvalue weighted by molar-refractivity contribution is 0.0697. The van der Waals surface area contributed by atoms with Crippen molar-refractivity contribution in [2.24, 2.45) is 0 Å². The van der Waals surface area contributed by atoms with Crippen molar-refractivity contribution in [2.75, 3.05) is 13.4 Å². The number of carbonyl (C=O) groups is 1. The molecule has 6 rings (SSSR count). The topological polar surface area (TPSA) is 85.6 Å². The maximum Gasteiger partial charge on any atom is 0.335 e. The van der Waals surface area contributed by atoms with Gasteiger partial charge in [-0.2, -0.15) is 0 Å². The van der Waals surface area contributed by atoms with E-state index in [-0.39, 0.29) is 11.3 Å². The summed E-state index contributed by atoms with van der Waals surface area (Å²) in [5.41, 5.74) is 8.23. The minimum absolute atomic E-state index is 0.0543. The third-order valence-electron chi connectivity index (χ3n) is 8.32. The summed E-state index contributed by atoms with van der Waals surface area (Å²) in [4.78, 5) is 12.0. The summed E-state index contributed by atoms with van der Waals surface area (Å²) in [6.07, 6.45) is 9.22. The van der Waals surface area contributed by atoms with Gasteiger partial charge in [-0.3, -0.25) is 0 Å². The number of rotatable bonds is 6. The van der Waals surface area contributed by atoms with Crippen molar-refractivity contribution in [3.63, 3.8) is 0 Å². The lowest BCUT2D eigenvalue weighted by Crippen LogP contribution is -2.08. The average molecular weight is 556 g/mol. The molecule has 0 saturated heterocycles. The molecule has 206 valence electrons. The molecule has 2 aliphatic rings. The largest absolute Gasteiger partial charge is 0.497 e. The Hall–Kier alpha value is -3.84. The van der Waals surface area contributed by atoms with Crippen LogP contribution in [0.2, 0.25) is 0 Å². The van der Waals surface area contributed by atoms with Crippen LogP contribution in [0.4, 0.5) is 0 Å². The Morgan fingerprint density at radius 2 is 1.77 bits per heavy atom. The average Bonchev–Trinajstić information content (AvgIpc) is 3.15. The zero-order valence-corrected chi connectivity index (χ0v) is 23.6. The monoisotopic (exact) mass is 555 g/mol. The van der Waals surface area contributed by atoms with Crippen molar-refractivity contribution in [1.29, 1.82) is 0 Å². The highest BCUT2D eigenvalue weighted by Gasteiger charge is 2.30. The zero-order valence-electron chi connectivity index (χ0n) is 22.8. The van der Waals surface area contributed by atoms with Gasteiger partial charge in [0.25, 0.3) is 0 Å². The molecule has 6 nitrogen and oxygen atoms in total. The molecule has 7 heteroatoms. The third-order valence-corrected chi connectivity index (χ3v) is 9.15. The Morgan fingerprint density at radius 3 is 2.50 bits per heavy atom. The van der Waals surface area contributed by atoms with E-state index in [0.29, 0.717) is 12.5 Å². The molecule has 0 amide bonds. The molecule has 0 unspecified atom stereocenters. The summed E-state index contributed by atoms with van der Waals surface area (Å²) in [6, 6.07) is 19.3. The predicted octanol–water partition coefficient (Wildman–Crippen LogP) is 7.16. The van der Waals surface area contributed by atoms with Gasteiger partial charge in [0.2, 0.25) is 0 Å². The van der Waals surface area contributed by atoms with E-state index in [0.717, 1.165) is 63.0 Å². The molecular formula is C33H33NO5S. The Balaban J connectivity index is 1.67. The number of ether oxygens (including phenoxy) is 1. The Labute approximate surface area is 234 Å². The number of carboxylic acids is 1. The number of carboxylic acid groups (broad SMARTS) is 1. The van der Waals surface area contributed by atoms with Crippen LogP contribution in [-0.4, -0.2) is 37.4 Å². The van der Waals surface area contributed by atoms with E-state index in [1.165, 1.54) is 31.1 Å². The molecule has 0 spiro atoms. The molecule has 1 aromatic heterocycles. The highest BCUT2D eigenvalue weighted by atomic mass is 32.2. The lowest BCUT2D eigenvalue weighted by atomic mass is 9.81. The fourth-order valence-electron chi connectivity index (χ4n) is 6.58. The van der Waals surface area contributed by atoms with Crippen molar-refractivity contribution < 1.29 is 23.1 Å². The van der Waals surface area contributed by atoms with Crippen LogP contribution in [-0.2, 0) is 22.1 Å². The van der Waals surface area contributed by atoms with Gasteiger partial charge in [-0.1, -0.05) is 49.6 Å². The maximum atomic E-state index is 12.3. The van der Waals surface area contributed by atoms with Gasteiger partial charge in [0, 0.05) is 29.3 Å². The van der Waals surface area contributed by atoms with Crippen molar-refractivity contribution >= 4 is 38.4 Å². The summed E-state index contributed by atoms with van der Waals surface area (Å²) in [5, 5.41) is 11.0. The van der Waals surface area contributed by atoms with Crippen molar-refractivity contribution in [2.45, 2.75) is 50.3 Å². The first kappa shape index (κ1) is 26.4. The molecule has 40 heavy (non-hydrogen) atoms. The second-order valence-electron chi connectivity index (χ2n) is 11.1. The number of fused-ring (bicyclic) bond motifs is 5. The molecule has 1 aliphatic heterocycles. The van der Waals surface area contributed by atoms with Gasteiger partial charge in [0.05, 0.1) is 24.1 Å². The number of allylic oxidation sites excluding steroid dienone is 1. The molecule has 2 heterocycles. The number of methoxy groups -OCH3 is 1. The Bertz CT molecular complexity index is 1770. The molecule has 1 saturated carbocycles. The molecular weight excluding hydrogens is 522 g/mol.